The lowest BCUT2D eigenvalue weighted by molar-refractivity contribution is -0.147. The number of aromatic nitrogens is 3. The number of carbonyl (C=O) groups is 2. The zero-order valence-electron chi connectivity index (χ0n) is 9.54. The molecule has 17 heavy (non-hydrogen) atoms. The molecule has 2 rings (SSSR count). The maximum atomic E-state index is 11.7. The first kappa shape index (κ1) is 11.6. The van der Waals surface area contributed by atoms with E-state index in [1.807, 2.05) is 0 Å². The van der Waals surface area contributed by atoms with Gasteiger partial charge in [-0.1, -0.05) is 0 Å². The van der Waals surface area contributed by atoms with Crippen LogP contribution in [0.15, 0.2) is 6.33 Å². The van der Waals surface area contributed by atoms with E-state index in [1.54, 1.807) is 17.9 Å². The van der Waals surface area contributed by atoms with E-state index in [-0.39, 0.29) is 18.9 Å². The quantitative estimate of drug-likeness (QED) is 0.776. The molecule has 1 aromatic heterocycles. The second-order valence-electron chi connectivity index (χ2n) is 4.21. The number of hydrogen-bond donors (Lipinski definition) is 1. The van der Waals surface area contributed by atoms with Crippen molar-refractivity contribution in [3.05, 3.63) is 12.2 Å². The third-order valence-electron chi connectivity index (χ3n) is 2.99. The highest BCUT2D eigenvalue weighted by atomic mass is 16.4. The Balaban J connectivity index is 2.06. The monoisotopic (exact) mass is 238 g/mol. The molecule has 1 atom stereocenters. The Morgan fingerprint density at radius 1 is 1.65 bits per heavy atom. The third-order valence-corrected chi connectivity index (χ3v) is 2.99. The molecule has 92 valence electrons. The topological polar surface area (TPSA) is 88.3 Å². The molecule has 0 aromatic carbocycles. The smallest absolute Gasteiger partial charge is 0.308 e. The van der Waals surface area contributed by atoms with E-state index in [2.05, 4.69) is 10.2 Å². The van der Waals surface area contributed by atoms with Crippen LogP contribution in [0.3, 0.4) is 0 Å². The molecule has 1 saturated heterocycles. The van der Waals surface area contributed by atoms with Gasteiger partial charge in [0.25, 0.3) is 0 Å². The minimum atomic E-state index is -0.847. The Hall–Kier alpha value is -1.92. The number of carboxylic acids is 1. The van der Waals surface area contributed by atoms with E-state index >= 15 is 0 Å². The van der Waals surface area contributed by atoms with Crippen molar-refractivity contribution in [2.24, 2.45) is 13.0 Å². The molecule has 1 fully saturated rings. The van der Waals surface area contributed by atoms with Gasteiger partial charge in [0.15, 0.2) is 5.82 Å². The van der Waals surface area contributed by atoms with Crippen molar-refractivity contribution in [3.8, 4) is 0 Å². The molecule has 7 heteroatoms. The summed E-state index contributed by atoms with van der Waals surface area (Å²) in [6.45, 7) is 0.570. The Kier molecular flexibility index (Phi) is 3.08. The molecule has 0 radical (unpaired) electrons. The van der Waals surface area contributed by atoms with E-state index < -0.39 is 11.9 Å². The first-order valence-corrected chi connectivity index (χ1v) is 5.41. The fourth-order valence-electron chi connectivity index (χ4n) is 1.89. The van der Waals surface area contributed by atoms with E-state index in [4.69, 9.17) is 5.11 Å². The number of carboxylic acid groups (broad SMARTS) is 1. The number of amides is 1. The highest BCUT2D eigenvalue weighted by Gasteiger charge is 2.30. The van der Waals surface area contributed by atoms with Gasteiger partial charge < -0.3 is 14.6 Å². The highest BCUT2D eigenvalue weighted by molar-refractivity contribution is 5.80. The maximum absolute atomic E-state index is 11.7. The van der Waals surface area contributed by atoms with Gasteiger partial charge >= 0.3 is 5.97 Å². The fourth-order valence-corrected chi connectivity index (χ4v) is 1.89. The van der Waals surface area contributed by atoms with Gasteiger partial charge in [0, 0.05) is 20.0 Å². The molecule has 7 nitrogen and oxygen atoms in total. The van der Waals surface area contributed by atoms with Crippen LogP contribution in [0.25, 0.3) is 0 Å². The number of piperidine rings is 1. The summed E-state index contributed by atoms with van der Waals surface area (Å²) in [7, 11) is 1.79. The lowest BCUT2D eigenvalue weighted by atomic mass is 9.98. The van der Waals surface area contributed by atoms with E-state index in [1.165, 1.54) is 4.90 Å². The zero-order valence-corrected chi connectivity index (χ0v) is 9.54. The van der Waals surface area contributed by atoms with Crippen LogP contribution < -0.4 is 0 Å². The number of carbonyl (C=O) groups excluding carboxylic acids is 1. The molecule has 1 aliphatic rings. The van der Waals surface area contributed by atoms with Crippen LogP contribution in [-0.2, 0) is 23.2 Å². The van der Waals surface area contributed by atoms with Gasteiger partial charge in [-0.15, -0.1) is 10.2 Å². The number of nitrogens with zero attached hydrogens (tertiary/aromatic N) is 4. The molecular formula is C10H14N4O3. The molecule has 1 aliphatic heterocycles. The standard InChI is InChI=1S/C10H14N4O3/c1-13-6-11-12-8(13)5-14-4-7(10(16)17)2-3-9(14)15/h6-7H,2-5H2,1H3,(H,16,17). The van der Waals surface area contributed by atoms with Crippen LogP contribution in [0.1, 0.15) is 18.7 Å². The first-order valence-electron chi connectivity index (χ1n) is 5.41. The van der Waals surface area contributed by atoms with Crippen molar-refractivity contribution in [2.45, 2.75) is 19.4 Å². The number of aryl methyl sites for hydroxylation is 1. The molecule has 1 N–H and O–H groups in total. The SMILES string of the molecule is Cn1cnnc1CN1CC(C(=O)O)CCC1=O. The summed E-state index contributed by atoms with van der Waals surface area (Å²) in [4.78, 5) is 24.1. The molecule has 0 spiro atoms. The van der Waals surface area contributed by atoms with Crippen LogP contribution in [0.5, 0.6) is 0 Å². The van der Waals surface area contributed by atoms with Crippen LogP contribution in [0.2, 0.25) is 0 Å². The highest BCUT2D eigenvalue weighted by Crippen LogP contribution is 2.19. The molecular weight excluding hydrogens is 224 g/mol. The molecule has 0 saturated carbocycles. The van der Waals surface area contributed by atoms with Crippen molar-refractivity contribution >= 4 is 11.9 Å². The minimum Gasteiger partial charge on any atom is -0.481 e. The predicted octanol–water partition coefficient (Wildman–Crippen LogP) is -0.362. The van der Waals surface area contributed by atoms with Crippen molar-refractivity contribution in [1.82, 2.24) is 19.7 Å². The summed E-state index contributed by atoms with van der Waals surface area (Å²) in [6, 6.07) is 0. The molecule has 2 heterocycles. The predicted molar refractivity (Wildman–Crippen MR) is 56.8 cm³/mol. The number of hydrogen-bond acceptors (Lipinski definition) is 4. The van der Waals surface area contributed by atoms with Crippen molar-refractivity contribution in [3.63, 3.8) is 0 Å². The van der Waals surface area contributed by atoms with Gasteiger partial charge in [-0.2, -0.15) is 0 Å². The number of likely N-dealkylation sites (tertiary alicyclic amines) is 1. The summed E-state index contributed by atoms with van der Waals surface area (Å²) in [6.07, 6.45) is 2.26. The molecule has 1 aromatic rings. The Morgan fingerprint density at radius 3 is 3.00 bits per heavy atom. The van der Waals surface area contributed by atoms with Crippen molar-refractivity contribution < 1.29 is 14.7 Å². The van der Waals surface area contributed by atoms with Gasteiger partial charge in [-0.3, -0.25) is 9.59 Å². The normalized spacial score (nSPS) is 20.6. The van der Waals surface area contributed by atoms with Crippen LogP contribution in [0.4, 0.5) is 0 Å². The zero-order chi connectivity index (χ0) is 12.4. The van der Waals surface area contributed by atoms with E-state index in [0.717, 1.165) is 0 Å². The minimum absolute atomic E-state index is 0.0227. The number of rotatable bonds is 3. The lowest BCUT2D eigenvalue weighted by Crippen LogP contribution is -2.42. The van der Waals surface area contributed by atoms with Gasteiger partial charge in [0.2, 0.25) is 5.91 Å². The molecule has 1 amide bonds. The van der Waals surface area contributed by atoms with Crippen molar-refractivity contribution in [2.75, 3.05) is 6.54 Å². The summed E-state index contributed by atoms with van der Waals surface area (Å²) in [5.41, 5.74) is 0. The first-order chi connectivity index (χ1) is 8.08. The average molecular weight is 238 g/mol. The largest absolute Gasteiger partial charge is 0.481 e. The Labute approximate surface area is 98.0 Å². The Bertz CT molecular complexity index is 443. The second-order valence-corrected chi connectivity index (χ2v) is 4.21. The van der Waals surface area contributed by atoms with E-state index in [0.29, 0.717) is 18.8 Å². The maximum Gasteiger partial charge on any atom is 0.308 e. The Morgan fingerprint density at radius 2 is 2.41 bits per heavy atom. The van der Waals surface area contributed by atoms with Crippen LogP contribution >= 0.6 is 0 Å². The molecule has 1 unspecified atom stereocenters. The average Bonchev–Trinajstić information content (AvgIpc) is 2.67. The third kappa shape index (κ3) is 2.43. The van der Waals surface area contributed by atoms with Gasteiger partial charge in [0.05, 0.1) is 12.5 Å². The molecule has 0 aliphatic carbocycles. The summed E-state index contributed by atoms with van der Waals surface area (Å²) < 4.78 is 1.72. The van der Waals surface area contributed by atoms with E-state index in [9.17, 15) is 9.59 Å². The summed E-state index contributed by atoms with van der Waals surface area (Å²) in [5, 5.41) is 16.6. The summed E-state index contributed by atoms with van der Waals surface area (Å²) in [5.74, 6) is -0.684. The van der Waals surface area contributed by atoms with Gasteiger partial charge in [-0.05, 0) is 6.42 Å². The van der Waals surface area contributed by atoms with Crippen LogP contribution in [0, 0.1) is 5.92 Å². The van der Waals surface area contributed by atoms with Gasteiger partial charge in [0.1, 0.15) is 6.33 Å². The molecule has 0 bridgehead atoms. The van der Waals surface area contributed by atoms with Crippen LogP contribution in [-0.4, -0.2) is 43.2 Å². The van der Waals surface area contributed by atoms with Crippen molar-refractivity contribution in [1.29, 1.82) is 0 Å². The van der Waals surface area contributed by atoms with Gasteiger partial charge in [-0.25, -0.2) is 0 Å². The second kappa shape index (κ2) is 4.52. The summed E-state index contributed by atoms with van der Waals surface area (Å²) >= 11 is 0. The lowest BCUT2D eigenvalue weighted by Gasteiger charge is -2.30. The fraction of sp³-hybridized carbons (Fsp3) is 0.600. The number of aliphatic carboxylic acids is 1.